The van der Waals surface area contributed by atoms with Crippen molar-refractivity contribution >= 4 is 17.5 Å². The highest BCUT2D eigenvalue weighted by Crippen LogP contribution is 2.54. The fraction of sp³-hybridized carbons (Fsp3) is 0.304. The van der Waals surface area contributed by atoms with E-state index in [0.717, 1.165) is 28.2 Å². The van der Waals surface area contributed by atoms with Gasteiger partial charge in [-0.3, -0.25) is 19.3 Å². The van der Waals surface area contributed by atoms with Crippen LogP contribution in [0, 0.1) is 13.8 Å². The Morgan fingerprint density at radius 2 is 2.07 bits per heavy atom. The first kappa shape index (κ1) is 18.5. The molecule has 2 aliphatic heterocycles. The highest BCUT2D eigenvalue weighted by Gasteiger charge is 2.59. The molecule has 1 N–H and O–H groups in total. The predicted molar refractivity (Wildman–Crippen MR) is 112 cm³/mol. The van der Waals surface area contributed by atoms with E-state index >= 15 is 0 Å². The van der Waals surface area contributed by atoms with Crippen LogP contribution in [0.5, 0.6) is 0 Å². The summed E-state index contributed by atoms with van der Waals surface area (Å²) >= 11 is 0. The Balaban J connectivity index is 1.59. The van der Waals surface area contributed by atoms with E-state index in [1.54, 1.807) is 17.1 Å². The number of hydrogen-bond donors (Lipinski definition) is 1. The van der Waals surface area contributed by atoms with Crippen LogP contribution in [-0.4, -0.2) is 38.0 Å². The van der Waals surface area contributed by atoms with Crippen LogP contribution in [-0.2, 0) is 21.5 Å². The number of rotatable bonds is 3. The molecule has 30 heavy (non-hydrogen) atoms. The van der Waals surface area contributed by atoms with Crippen molar-refractivity contribution in [1.82, 2.24) is 19.7 Å². The Kier molecular flexibility index (Phi) is 4.20. The molecule has 2 atom stereocenters. The van der Waals surface area contributed by atoms with Crippen LogP contribution in [0.2, 0.25) is 0 Å². The molecule has 3 aromatic rings. The van der Waals surface area contributed by atoms with Gasteiger partial charge in [0.15, 0.2) is 0 Å². The zero-order chi connectivity index (χ0) is 20.9. The third-order valence-corrected chi connectivity index (χ3v) is 6.30. The van der Waals surface area contributed by atoms with Gasteiger partial charge in [-0.15, -0.1) is 0 Å². The van der Waals surface area contributed by atoms with Gasteiger partial charge in [0.1, 0.15) is 12.0 Å². The number of hydrogen-bond acceptors (Lipinski definition) is 4. The molecule has 0 bridgehead atoms. The molecule has 0 saturated carbocycles. The van der Waals surface area contributed by atoms with Crippen LogP contribution in [0.3, 0.4) is 0 Å². The zero-order valence-corrected chi connectivity index (χ0v) is 17.0. The van der Waals surface area contributed by atoms with Gasteiger partial charge < -0.3 is 10.2 Å². The van der Waals surface area contributed by atoms with Gasteiger partial charge in [-0.05, 0) is 49.6 Å². The molecule has 2 aromatic heterocycles. The Morgan fingerprint density at radius 1 is 1.23 bits per heavy atom. The summed E-state index contributed by atoms with van der Waals surface area (Å²) in [5.41, 5.74) is 3.64. The first-order valence-corrected chi connectivity index (χ1v) is 10.1. The summed E-state index contributed by atoms with van der Waals surface area (Å²) in [6.45, 7) is 4.50. The monoisotopic (exact) mass is 401 g/mol. The lowest BCUT2D eigenvalue weighted by Gasteiger charge is -2.34. The number of para-hydroxylation sites is 1. The van der Waals surface area contributed by atoms with Gasteiger partial charge in [0.2, 0.25) is 11.8 Å². The van der Waals surface area contributed by atoms with Gasteiger partial charge in [-0.2, -0.15) is 5.10 Å². The first-order valence-electron chi connectivity index (χ1n) is 10.1. The average molecular weight is 401 g/mol. The molecular weight excluding hydrogens is 378 g/mol. The lowest BCUT2D eigenvalue weighted by atomic mass is 9.73. The Bertz CT molecular complexity index is 1140. The third-order valence-electron chi connectivity index (χ3n) is 6.30. The first-order chi connectivity index (χ1) is 14.5. The van der Waals surface area contributed by atoms with Crippen molar-refractivity contribution in [2.45, 2.75) is 38.3 Å². The number of nitrogens with one attached hydrogen (secondary N) is 1. The highest BCUT2D eigenvalue weighted by atomic mass is 16.2. The molecule has 1 spiro atoms. The van der Waals surface area contributed by atoms with Gasteiger partial charge >= 0.3 is 0 Å². The minimum Gasteiger partial charge on any atom is -0.332 e. The molecule has 2 amide bonds. The number of anilines is 1. The summed E-state index contributed by atoms with van der Waals surface area (Å²) in [6, 6.07) is 13.1. The van der Waals surface area contributed by atoms with Gasteiger partial charge in [0, 0.05) is 30.3 Å². The summed E-state index contributed by atoms with van der Waals surface area (Å²) < 4.78 is 1.73. The molecule has 4 heterocycles. The van der Waals surface area contributed by atoms with E-state index in [4.69, 9.17) is 0 Å². The van der Waals surface area contributed by atoms with Gasteiger partial charge in [0.05, 0.1) is 11.7 Å². The zero-order valence-electron chi connectivity index (χ0n) is 17.0. The smallest absolute Gasteiger partial charge is 0.244 e. The van der Waals surface area contributed by atoms with E-state index in [1.807, 2.05) is 61.2 Å². The number of carbonyl (C=O) groups is 2. The standard InChI is InChI=1S/C23H23N5O2/c1-15-12-16(2)28(26-15)14-20(29)27-11-9-23(21(27)17-6-5-10-24-13-17)18-7-3-4-8-19(18)25-22(23)30/h3-8,10,12-13,21H,9,11,14H2,1-2H3,(H,25,30). The lowest BCUT2D eigenvalue weighted by molar-refractivity contribution is -0.134. The Morgan fingerprint density at radius 3 is 2.80 bits per heavy atom. The van der Waals surface area contributed by atoms with Crippen molar-refractivity contribution in [2.75, 3.05) is 11.9 Å². The molecule has 1 fully saturated rings. The summed E-state index contributed by atoms with van der Waals surface area (Å²) in [5, 5.41) is 7.47. The second kappa shape index (κ2) is 6.79. The normalized spacial score (nSPS) is 22.4. The van der Waals surface area contributed by atoms with Gasteiger partial charge in [-0.25, -0.2) is 0 Å². The summed E-state index contributed by atoms with van der Waals surface area (Å²) in [7, 11) is 0. The quantitative estimate of drug-likeness (QED) is 0.732. The van der Waals surface area contributed by atoms with Gasteiger partial charge in [0.25, 0.3) is 0 Å². The second-order valence-electron chi connectivity index (χ2n) is 8.08. The average Bonchev–Trinajstić information content (AvgIpc) is 3.38. The van der Waals surface area contributed by atoms with E-state index in [9.17, 15) is 9.59 Å². The van der Waals surface area contributed by atoms with Crippen LogP contribution in [0.25, 0.3) is 0 Å². The number of carbonyl (C=O) groups excluding carboxylic acids is 2. The summed E-state index contributed by atoms with van der Waals surface area (Å²) in [6.07, 6.45) is 4.03. The molecule has 7 nitrogen and oxygen atoms in total. The summed E-state index contributed by atoms with van der Waals surface area (Å²) in [4.78, 5) is 32.9. The second-order valence-corrected chi connectivity index (χ2v) is 8.08. The number of benzene rings is 1. The van der Waals surface area contributed by atoms with Crippen LogP contribution >= 0.6 is 0 Å². The van der Waals surface area contributed by atoms with E-state index in [1.165, 1.54) is 0 Å². The number of pyridine rings is 1. The maximum atomic E-state index is 13.4. The molecule has 2 unspecified atom stereocenters. The minimum atomic E-state index is -0.815. The van der Waals surface area contributed by atoms with Crippen LogP contribution in [0.1, 0.15) is 35.0 Å². The maximum Gasteiger partial charge on any atom is 0.244 e. The number of nitrogens with zero attached hydrogens (tertiary/aromatic N) is 4. The van der Waals surface area contributed by atoms with Crippen molar-refractivity contribution < 1.29 is 9.59 Å². The highest BCUT2D eigenvalue weighted by molar-refractivity contribution is 6.07. The molecule has 2 aliphatic rings. The van der Waals surface area contributed by atoms with E-state index < -0.39 is 11.5 Å². The van der Waals surface area contributed by atoms with Crippen molar-refractivity contribution in [3.05, 3.63) is 77.4 Å². The van der Waals surface area contributed by atoms with E-state index in [0.29, 0.717) is 13.0 Å². The molecule has 1 saturated heterocycles. The number of fused-ring (bicyclic) bond motifs is 2. The van der Waals surface area contributed by atoms with Crippen LogP contribution in [0.15, 0.2) is 54.9 Å². The molecule has 152 valence electrons. The van der Waals surface area contributed by atoms with Crippen molar-refractivity contribution in [2.24, 2.45) is 0 Å². The number of amides is 2. The fourth-order valence-electron chi connectivity index (χ4n) is 5.01. The summed E-state index contributed by atoms with van der Waals surface area (Å²) in [5.74, 6) is -0.108. The minimum absolute atomic E-state index is 0.0518. The van der Waals surface area contributed by atoms with Crippen LogP contribution in [0.4, 0.5) is 5.69 Å². The molecule has 5 rings (SSSR count). The third kappa shape index (κ3) is 2.65. The molecule has 0 aliphatic carbocycles. The molecule has 0 radical (unpaired) electrons. The lowest BCUT2D eigenvalue weighted by Crippen LogP contribution is -2.43. The number of aromatic nitrogens is 3. The largest absolute Gasteiger partial charge is 0.332 e. The van der Waals surface area contributed by atoms with Crippen LogP contribution < -0.4 is 5.32 Å². The van der Waals surface area contributed by atoms with Crippen molar-refractivity contribution in [3.8, 4) is 0 Å². The number of likely N-dealkylation sites (tertiary alicyclic amines) is 1. The van der Waals surface area contributed by atoms with E-state index in [-0.39, 0.29) is 18.4 Å². The fourth-order valence-corrected chi connectivity index (χ4v) is 5.01. The molecule has 7 heteroatoms. The Hall–Kier alpha value is -3.48. The van der Waals surface area contributed by atoms with Crippen molar-refractivity contribution in [1.29, 1.82) is 0 Å². The molecule has 1 aromatic carbocycles. The van der Waals surface area contributed by atoms with Gasteiger partial charge in [-0.1, -0.05) is 24.3 Å². The topological polar surface area (TPSA) is 80.1 Å². The molecular formula is C23H23N5O2. The SMILES string of the molecule is Cc1cc(C)n(CC(=O)N2CCC3(C(=O)Nc4ccccc43)C2c2cccnc2)n1. The maximum absolute atomic E-state index is 13.4. The number of aryl methyl sites for hydroxylation is 2. The Labute approximate surface area is 174 Å². The predicted octanol–water partition coefficient (Wildman–Crippen LogP) is 2.76. The van der Waals surface area contributed by atoms with Crippen molar-refractivity contribution in [3.63, 3.8) is 0 Å². The van der Waals surface area contributed by atoms with E-state index in [2.05, 4.69) is 15.4 Å².